The number of nitrogens with two attached hydrogens (primary N) is 1. The molecule has 0 aliphatic carbocycles. The van der Waals surface area contributed by atoms with Gasteiger partial charge in [0.15, 0.2) is 0 Å². The van der Waals surface area contributed by atoms with Crippen molar-refractivity contribution in [3.8, 4) is 11.8 Å². The van der Waals surface area contributed by atoms with E-state index in [0.29, 0.717) is 41.8 Å². The fourth-order valence-corrected chi connectivity index (χ4v) is 4.21. The quantitative estimate of drug-likeness (QED) is 0.283. The monoisotopic (exact) mass is 464 g/mol. The van der Waals surface area contributed by atoms with Crippen LogP contribution < -0.4 is 11.1 Å². The molecule has 8 heteroatoms. The average Bonchev–Trinajstić information content (AvgIpc) is 3.21. The topological polar surface area (TPSA) is 110 Å². The maximum Gasteiger partial charge on any atom is 0.253 e. The largest absolute Gasteiger partial charge is 0.382 e. The van der Waals surface area contributed by atoms with Crippen LogP contribution in [-0.2, 0) is 6.42 Å². The Hall–Kier alpha value is -4.77. The second kappa shape index (κ2) is 9.23. The first-order chi connectivity index (χ1) is 17.1. The first-order valence-corrected chi connectivity index (χ1v) is 11.1. The van der Waals surface area contributed by atoms with Gasteiger partial charge in [0, 0.05) is 18.1 Å². The zero-order valence-electron chi connectivity index (χ0n) is 18.7. The van der Waals surface area contributed by atoms with Crippen molar-refractivity contribution in [3.63, 3.8) is 0 Å². The number of carbonyl (C=O) groups excluding carboxylic acids is 1. The Kier molecular flexibility index (Phi) is 5.81. The highest BCUT2D eigenvalue weighted by Crippen LogP contribution is 2.27. The van der Waals surface area contributed by atoms with Crippen LogP contribution in [0.1, 0.15) is 28.0 Å². The number of carbonyl (C=O) groups is 1. The van der Waals surface area contributed by atoms with Crippen LogP contribution >= 0.6 is 0 Å². The fourth-order valence-electron chi connectivity index (χ4n) is 4.21. The molecule has 3 N–H and O–H groups in total. The minimum absolute atomic E-state index is 0.201. The van der Waals surface area contributed by atoms with Crippen LogP contribution in [0.15, 0.2) is 72.9 Å². The van der Waals surface area contributed by atoms with E-state index in [1.807, 2.05) is 42.5 Å². The van der Waals surface area contributed by atoms with E-state index in [1.165, 1.54) is 16.8 Å². The van der Waals surface area contributed by atoms with Gasteiger partial charge in [-0.05, 0) is 60.0 Å². The number of halogens is 1. The van der Waals surface area contributed by atoms with Crippen molar-refractivity contribution < 1.29 is 9.18 Å². The lowest BCUT2D eigenvalue weighted by Gasteiger charge is -2.10. The van der Waals surface area contributed by atoms with Crippen LogP contribution in [0.25, 0.3) is 27.4 Å². The van der Waals surface area contributed by atoms with E-state index in [4.69, 9.17) is 5.73 Å². The third-order valence-electron chi connectivity index (χ3n) is 5.91. The number of pyridine rings is 1. The third kappa shape index (κ3) is 4.15. The van der Waals surface area contributed by atoms with Gasteiger partial charge in [0.05, 0.1) is 22.5 Å². The molecular weight excluding hydrogens is 443 g/mol. The Morgan fingerprint density at radius 3 is 2.66 bits per heavy atom. The number of aryl methyl sites for hydroxylation is 1. The normalized spacial score (nSPS) is 11.0. The molecule has 172 valence electrons. The summed E-state index contributed by atoms with van der Waals surface area (Å²) in [5, 5.41) is 19.9. The first-order valence-electron chi connectivity index (χ1n) is 11.1. The van der Waals surface area contributed by atoms with E-state index >= 15 is 0 Å². The second-order valence-corrected chi connectivity index (χ2v) is 8.11. The number of nitrogen functional groups attached to an aromatic ring is 1. The van der Waals surface area contributed by atoms with Crippen molar-refractivity contribution >= 4 is 33.4 Å². The number of hydrogen-bond acceptors (Lipinski definition) is 5. The molecule has 5 rings (SSSR count). The van der Waals surface area contributed by atoms with Gasteiger partial charge in [-0.15, -0.1) is 0 Å². The summed E-state index contributed by atoms with van der Waals surface area (Å²) in [5.41, 5.74) is 8.67. The van der Waals surface area contributed by atoms with Crippen LogP contribution in [-0.4, -0.2) is 27.2 Å². The van der Waals surface area contributed by atoms with E-state index in [2.05, 4.69) is 21.5 Å². The Labute approximate surface area is 200 Å². The molecular formula is C27H21FN6O. The molecule has 0 aliphatic rings. The number of benzene rings is 3. The maximum absolute atomic E-state index is 13.3. The molecule has 2 heterocycles. The highest BCUT2D eigenvalue weighted by molar-refractivity contribution is 6.15. The van der Waals surface area contributed by atoms with Crippen molar-refractivity contribution in [2.75, 3.05) is 12.3 Å². The summed E-state index contributed by atoms with van der Waals surface area (Å²) in [5.74, 6) is -0.381. The molecule has 7 nitrogen and oxygen atoms in total. The predicted molar refractivity (Wildman–Crippen MR) is 133 cm³/mol. The molecule has 0 atom stereocenters. The van der Waals surface area contributed by atoms with Crippen LogP contribution in [0.2, 0.25) is 0 Å². The molecule has 0 saturated carbocycles. The number of nitrogens with zero attached hydrogens (tertiary/aromatic N) is 4. The number of fused-ring (bicyclic) bond motifs is 3. The average molecular weight is 465 g/mol. The smallest absolute Gasteiger partial charge is 0.253 e. The van der Waals surface area contributed by atoms with E-state index in [-0.39, 0.29) is 23.1 Å². The van der Waals surface area contributed by atoms with Gasteiger partial charge < -0.3 is 11.1 Å². The molecule has 0 saturated heterocycles. The number of nitrogens with one attached hydrogen (secondary N) is 1. The standard InChI is InChI=1S/C27H21FN6O/c28-18-9-11-19(12-10-18)34-26(30)23(16-29)24(33-34)8-4-14-32-27(35)22-15-17-5-1-2-6-20(17)21-7-3-13-31-25(21)22/h1-3,5-7,9-13,15H,4,8,14,30H2,(H,32,35). The van der Waals surface area contributed by atoms with E-state index in [1.54, 1.807) is 18.3 Å². The fraction of sp³-hybridized carbons (Fsp3) is 0.111. The molecule has 5 aromatic rings. The molecule has 1 amide bonds. The van der Waals surface area contributed by atoms with E-state index < -0.39 is 0 Å². The van der Waals surface area contributed by atoms with Gasteiger partial charge >= 0.3 is 0 Å². The van der Waals surface area contributed by atoms with Crippen LogP contribution in [0, 0.1) is 17.1 Å². The number of rotatable bonds is 6. The molecule has 0 unspecified atom stereocenters. The first kappa shape index (κ1) is 22.0. The number of hydrogen-bond donors (Lipinski definition) is 2. The van der Waals surface area contributed by atoms with Crippen LogP contribution in [0.4, 0.5) is 10.2 Å². The zero-order chi connectivity index (χ0) is 24.4. The van der Waals surface area contributed by atoms with Crippen LogP contribution in [0.5, 0.6) is 0 Å². The Morgan fingerprint density at radius 2 is 1.86 bits per heavy atom. The van der Waals surface area contributed by atoms with Crippen molar-refractivity contribution in [1.82, 2.24) is 20.1 Å². The summed E-state index contributed by atoms with van der Waals surface area (Å²) in [7, 11) is 0. The number of nitriles is 1. The summed E-state index contributed by atoms with van der Waals surface area (Å²) in [4.78, 5) is 17.5. The zero-order valence-corrected chi connectivity index (χ0v) is 18.7. The Morgan fingerprint density at radius 1 is 1.09 bits per heavy atom. The van der Waals surface area contributed by atoms with E-state index in [0.717, 1.165) is 16.2 Å². The maximum atomic E-state index is 13.3. The lowest BCUT2D eigenvalue weighted by Crippen LogP contribution is -2.25. The van der Waals surface area contributed by atoms with Crippen molar-refractivity contribution in [2.24, 2.45) is 0 Å². The summed E-state index contributed by atoms with van der Waals surface area (Å²) >= 11 is 0. The highest BCUT2D eigenvalue weighted by Gasteiger charge is 2.17. The molecule has 0 fully saturated rings. The van der Waals surface area contributed by atoms with Gasteiger partial charge in [-0.3, -0.25) is 9.78 Å². The number of amides is 1. The molecule has 3 aromatic carbocycles. The molecule has 2 aromatic heterocycles. The molecule has 0 radical (unpaired) electrons. The summed E-state index contributed by atoms with van der Waals surface area (Å²) in [6, 6.07) is 21.4. The van der Waals surface area contributed by atoms with Crippen LogP contribution in [0.3, 0.4) is 0 Å². The molecule has 35 heavy (non-hydrogen) atoms. The molecule has 0 spiro atoms. The third-order valence-corrected chi connectivity index (χ3v) is 5.91. The van der Waals surface area contributed by atoms with Crippen molar-refractivity contribution in [2.45, 2.75) is 12.8 Å². The lowest BCUT2D eigenvalue weighted by atomic mass is 10.0. The van der Waals surface area contributed by atoms with Gasteiger partial charge in [0.2, 0.25) is 0 Å². The summed E-state index contributed by atoms with van der Waals surface area (Å²) < 4.78 is 14.7. The summed E-state index contributed by atoms with van der Waals surface area (Å²) in [6.07, 6.45) is 2.68. The molecule has 0 bridgehead atoms. The highest BCUT2D eigenvalue weighted by atomic mass is 19.1. The van der Waals surface area contributed by atoms with Crippen molar-refractivity contribution in [3.05, 3.63) is 95.6 Å². The summed E-state index contributed by atoms with van der Waals surface area (Å²) in [6.45, 7) is 0.383. The second-order valence-electron chi connectivity index (χ2n) is 8.11. The van der Waals surface area contributed by atoms with Gasteiger partial charge in [0.25, 0.3) is 5.91 Å². The Bertz CT molecular complexity index is 1600. The van der Waals surface area contributed by atoms with E-state index in [9.17, 15) is 14.4 Å². The molecule has 0 aliphatic heterocycles. The van der Waals surface area contributed by atoms with Gasteiger partial charge in [0.1, 0.15) is 23.3 Å². The number of aromatic nitrogens is 3. The lowest BCUT2D eigenvalue weighted by molar-refractivity contribution is 0.0955. The van der Waals surface area contributed by atoms with Gasteiger partial charge in [-0.1, -0.05) is 30.3 Å². The Balaban J connectivity index is 1.31. The number of anilines is 1. The van der Waals surface area contributed by atoms with Gasteiger partial charge in [-0.25, -0.2) is 9.07 Å². The predicted octanol–water partition coefficient (Wildman–Crippen LogP) is 4.53. The van der Waals surface area contributed by atoms with Crippen molar-refractivity contribution in [1.29, 1.82) is 5.26 Å². The van der Waals surface area contributed by atoms with Gasteiger partial charge in [-0.2, -0.15) is 10.4 Å². The minimum atomic E-state index is -0.370. The minimum Gasteiger partial charge on any atom is -0.382 e. The SMILES string of the molecule is N#Cc1c(CCCNC(=O)c2cc3ccccc3c3cccnc23)nn(-c2ccc(F)cc2)c1N.